The molecule has 6 heteroatoms. The highest BCUT2D eigenvalue weighted by molar-refractivity contribution is 6.10. The molecular formula is C27H24N2O4. The summed E-state index contributed by atoms with van der Waals surface area (Å²) in [6.07, 6.45) is 3.69. The topological polar surface area (TPSA) is 72.6 Å². The molecule has 33 heavy (non-hydrogen) atoms. The van der Waals surface area contributed by atoms with Gasteiger partial charge in [-0.05, 0) is 54.8 Å². The number of unbranched alkanes of at least 4 members (excludes halogenated alkanes) is 1. The molecule has 6 nitrogen and oxygen atoms in total. The number of anilines is 1. The van der Waals surface area contributed by atoms with Crippen molar-refractivity contribution in [1.29, 1.82) is 0 Å². The summed E-state index contributed by atoms with van der Waals surface area (Å²) < 4.78 is 11.9. The molecule has 0 unspecified atom stereocenters. The number of benzene rings is 2. The van der Waals surface area contributed by atoms with Crippen molar-refractivity contribution in [3.05, 3.63) is 99.5 Å². The Morgan fingerprint density at radius 3 is 2.70 bits per heavy atom. The summed E-state index contributed by atoms with van der Waals surface area (Å²) in [4.78, 5) is 33.2. The summed E-state index contributed by atoms with van der Waals surface area (Å²) in [5.41, 5.74) is 2.25. The average molecular weight is 440 g/mol. The van der Waals surface area contributed by atoms with E-state index in [2.05, 4.69) is 11.9 Å². The van der Waals surface area contributed by atoms with E-state index in [4.69, 9.17) is 9.15 Å². The van der Waals surface area contributed by atoms with Crippen LogP contribution in [0.25, 0.3) is 11.0 Å². The quantitative estimate of drug-likeness (QED) is 0.374. The number of nitrogens with zero attached hydrogens (tertiary/aromatic N) is 2. The first-order valence-electron chi connectivity index (χ1n) is 11.1. The van der Waals surface area contributed by atoms with Crippen LogP contribution in [0.15, 0.2) is 76.1 Å². The van der Waals surface area contributed by atoms with Crippen molar-refractivity contribution in [2.24, 2.45) is 0 Å². The predicted molar refractivity (Wildman–Crippen MR) is 127 cm³/mol. The molecule has 166 valence electrons. The highest BCUT2D eigenvalue weighted by Crippen LogP contribution is 2.41. The number of aryl methyl sites for hydroxylation is 1. The molecule has 0 spiro atoms. The molecule has 1 amide bonds. The zero-order chi connectivity index (χ0) is 22.9. The molecule has 1 aliphatic rings. The largest absolute Gasteiger partial charge is 0.494 e. The maximum Gasteiger partial charge on any atom is 0.296 e. The lowest BCUT2D eigenvalue weighted by Gasteiger charge is -2.24. The maximum atomic E-state index is 13.6. The van der Waals surface area contributed by atoms with Gasteiger partial charge in [0.25, 0.3) is 5.91 Å². The van der Waals surface area contributed by atoms with Crippen LogP contribution >= 0.6 is 0 Å². The number of fused-ring (bicyclic) bond motifs is 2. The Labute approximate surface area is 191 Å². The zero-order valence-corrected chi connectivity index (χ0v) is 18.6. The first-order valence-corrected chi connectivity index (χ1v) is 11.1. The summed E-state index contributed by atoms with van der Waals surface area (Å²) in [6.45, 7) is 4.65. The van der Waals surface area contributed by atoms with Gasteiger partial charge in [-0.1, -0.05) is 43.7 Å². The van der Waals surface area contributed by atoms with E-state index in [1.54, 1.807) is 41.4 Å². The summed E-state index contributed by atoms with van der Waals surface area (Å²) in [5.74, 6) is 0.835. The smallest absolute Gasteiger partial charge is 0.296 e. The van der Waals surface area contributed by atoms with Crippen LogP contribution in [0, 0.1) is 6.92 Å². The van der Waals surface area contributed by atoms with Crippen molar-refractivity contribution in [2.45, 2.75) is 32.7 Å². The van der Waals surface area contributed by atoms with Gasteiger partial charge in [0, 0.05) is 6.20 Å². The van der Waals surface area contributed by atoms with E-state index in [1.165, 1.54) is 0 Å². The van der Waals surface area contributed by atoms with Crippen molar-refractivity contribution in [3.8, 4) is 5.75 Å². The third-order valence-corrected chi connectivity index (χ3v) is 5.86. The van der Waals surface area contributed by atoms with Crippen LogP contribution in [0.1, 0.15) is 53.1 Å². The van der Waals surface area contributed by atoms with Gasteiger partial charge in [-0.3, -0.25) is 14.5 Å². The molecule has 1 aliphatic heterocycles. The van der Waals surface area contributed by atoms with Crippen LogP contribution in [0.4, 0.5) is 5.82 Å². The van der Waals surface area contributed by atoms with Crippen molar-refractivity contribution >= 4 is 22.7 Å². The molecule has 1 atom stereocenters. The number of ether oxygens (including phenoxy) is 1. The van der Waals surface area contributed by atoms with Gasteiger partial charge in [-0.15, -0.1) is 0 Å². The minimum Gasteiger partial charge on any atom is -0.494 e. The van der Waals surface area contributed by atoms with Gasteiger partial charge in [-0.25, -0.2) is 4.98 Å². The second-order valence-corrected chi connectivity index (χ2v) is 8.22. The fourth-order valence-corrected chi connectivity index (χ4v) is 4.18. The number of aromatic nitrogens is 1. The molecule has 3 heterocycles. The van der Waals surface area contributed by atoms with Crippen LogP contribution in [0.5, 0.6) is 5.75 Å². The number of carbonyl (C=O) groups excluding carboxylic acids is 1. The van der Waals surface area contributed by atoms with Gasteiger partial charge in [0.1, 0.15) is 17.2 Å². The van der Waals surface area contributed by atoms with Gasteiger partial charge < -0.3 is 9.15 Å². The highest BCUT2D eigenvalue weighted by Gasteiger charge is 2.44. The summed E-state index contributed by atoms with van der Waals surface area (Å²) in [6, 6.07) is 17.6. The van der Waals surface area contributed by atoms with E-state index in [0.29, 0.717) is 34.7 Å². The predicted octanol–water partition coefficient (Wildman–Crippen LogP) is 5.43. The highest BCUT2D eigenvalue weighted by atomic mass is 16.5. The minimum atomic E-state index is -0.668. The maximum absolute atomic E-state index is 13.6. The van der Waals surface area contributed by atoms with Crippen LogP contribution < -0.4 is 15.1 Å². The third-order valence-electron chi connectivity index (χ3n) is 5.86. The fourth-order valence-electron chi connectivity index (χ4n) is 4.18. The monoisotopic (exact) mass is 440 g/mol. The van der Waals surface area contributed by atoms with Crippen molar-refractivity contribution in [2.75, 3.05) is 11.5 Å². The van der Waals surface area contributed by atoms with E-state index in [9.17, 15) is 9.59 Å². The van der Waals surface area contributed by atoms with Crippen molar-refractivity contribution < 1.29 is 13.9 Å². The van der Waals surface area contributed by atoms with Gasteiger partial charge in [0.2, 0.25) is 5.76 Å². The van der Waals surface area contributed by atoms with Crippen LogP contribution in [-0.2, 0) is 0 Å². The second kappa shape index (κ2) is 8.54. The molecule has 0 N–H and O–H groups in total. The molecule has 0 radical (unpaired) electrons. The van der Waals surface area contributed by atoms with E-state index < -0.39 is 6.04 Å². The van der Waals surface area contributed by atoms with Crippen LogP contribution in [0.2, 0.25) is 0 Å². The third kappa shape index (κ3) is 3.67. The summed E-state index contributed by atoms with van der Waals surface area (Å²) >= 11 is 0. The Bertz CT molecular complexity index is 1390. The first kappa shape index (κ1) is 20.9. The summed E-state index contributed by atoms with van der Waals surface area (Å²) in [7, 11) is 0. The van der Waals surface area contributed by atoms with E-state index >= 15 is 0 Å². The molecule has 5 rings (SSSR count). The standard InChI is InChI=1S/C27H24N2O4/c1-3-4-14-32-19-9-7-8-18(15-19)24-23-25(30)20-10-5-6-11-21(20)33-26(23)27(31)29(24)22-13-12-17(2)16-28-22/h5-13,15-16,24H,3-4,14H2,1-2H3/t24-/m0/s1. The SMILES string of the molecule is CCCCOc1cccc([C@H]2c3c(oc4ccccc4c3=O)C(=O)N2c2ccc(C)cn2)c1. The molecule has 2 aromatic carbocycles. The molecule has 0 saturated carbocycles. The normalized spacial score (nSPS) is 15.2. The van der Waals surface area contributed by atoms with Gasteiger partial charge in [-0.2, -0.15) is 0 Å². The lowest BCUT2D eigenvalue weighted by atomic mass is 9.98. The first-order chi connectivity index (χ1) is 16.1. The van der Waals surface area contributed by atoms with Crippen molar-refractivity contribution in [3.63, 3.8) is 0 Å². The number of amides is 1. The Kier molecular flexibility index (Phi) is 5.42. The number of pyridine rings is 1. The Morgan fingerprint density at radius 1 is 1.06 bits per heavy atom. The molecule has 0 fully saturated rings. The average Bonchev–Trinajstić information content (AvgIpc) is 3.13. The van der Waals surface area contributed by atoms with E-state index in [1.807, 2.05) is 37.3 Å². The lowest BCUT2D eigenvalue weighted by molar-refractivity contribution is 0.0970. The van der Waals surface area contributed by atoms with E-state index in [0.717, 1.165) is 24.0 Å². The molecule has 0 aliphatic carbocycles. The molecule has 0 saturated heterocycles. The number of para-hydroxylation sites is 1. The second-order valence-electron chi connectivity index (χ2n) is 8.22. The minimum absolute atomic E-state index is 0.0587. The molecular weight excluding hydrogens is 416 g/mol. The molecule has 4 aromatic rings. The number of hydrogen-bond donors (Lipinski definition) is 0. The summed E-state index contributed by atoms with van der Waals surface area (Å²) in [5, 5.41) is 0.447. The van der Waals surface area contributed by atoms with Gasteiger partial charge in [0.05, 0.1) is 23.6 Å². The van der Waals surface area contributed by atoms with Gasteiger partial charge >= 0.3 is 0 Å². The Balaban J connectivity index is 1.70. The van der Waals surface area contributed by atoms with Crippen molar-refractivity contribution in [1.82, 2.24) is 4.98 Å². The Morgan fingerprint density at radius 2 is 1.91 bits per heavy atom. The van der Waals surface area contributed by atoms with Gasteiger partial charge in [0.15, 0.2) is 5.43 Å². The Hall–Kier alpha value is -3.93. The number of rotatable bonds is 6. The zero-order valence-electron chi connectivity index (χ0n) is 18.6. The van der Waals surface area contributed by atoms with E-state index in [-0.39, 0.29) is 17.1 Å². The van der Waals surface area contributed by atoms with Crippen LogP contribution in [-0.4, -0.2) is 17.5 Å². The number of carbonyl (C=O) groups is 1. The lowest BCUT2D eigenvalue weighted by Crippen LogP contribution is -2.30. The molecule has 2 aromatic heterocycles. The van der Waals surface area contributed by atoms with Crippen LogP contribution in [0.3, 0.4) is 0 Å². The molecule has 0 bridgehead atoms. The number of hydrogen-bond acceptors (Lipinski definition) is 5. The fraction of sp³-hybridized carbons (Fsp3) is 0.222.